The van der Waals surface area contributed by atoms with Crippen LogP contribution in [0.2, 0.25) is 0 Å². The third-order valence-electron chi connectivity index (χ3n) is 6.39. The van der Waals surface area contributed by atoms with Gasteiger partial charge in [0.25, 0.3) is 0 Å². The van der Waals surface area contributed by atoms with Crippen LogP contribution in [-0.2, 0) is 0 Å². The van der Waals surface area contributed by atoms with Crippen molar-refractivity contribution in [1.29, 1.82) is 0 Å². The Morgan fingerprint density at radius 3 is 2.67 bits per heavy atom. The Bertz CT molecular complexity index is 304. The van der Waals surface area contributed by atoms with Crippen molar-refractivity contribution in [2.45, 2.75) is 89.6 Å². The van der Waals surface area contributed by atoms with E-state index in [0.717, 1.165) is 23.9 Å². The molecule has 1 aliphatic heterocycles. The van der Waals surface area contributed by atoms with Crippen LogP contribution < -0.4 is 5.32 Å². The van der Waals surface area contributed by atoms with Crippen molar-refractivity contribution in [3.63, 3.8) is 0 Å². The van der Waals surface area contributed by atoms with Crippen molar-refractivity contribution in [3.8, 4) is 0 Å². The lowest BCUT2D eigenvalue weighted by Crippen LogP contribution is -2.48. The van der Waals surface area contributed by atoms with Gasteiger partial charge in [-0.3, -0.25) is 4.90 Å². The normalized spacial score (nSPS) is 38.1. The first-order valence-corrected chi connectivity index (χ1v) is 9.86. The molecule has 3 fully saturated rings. The number of rotatable bonds is 5. The number of piperidine rings is 1. The molecule has 21 heavy (non-hydrogen) atoms. The molecule has 0 amide bonds. The van der Waals surface area contributed by atoms with Crippen LogP contribution in [-0.4, -0.2) is 36.6 Å². The van der Waals surface area contributed by atoms with Gasteiger partial charge in [-0.1, -0.05) is 32.6 Å². The smallest absolute Gasteiger partial charge is 0.0124 e. The highest BCUT2D eigenvalue weighted by molar-refractivity contribution is 4.91. The van der Waals surface area contributed by atoms with Crippen LogP contribution in [0.4, 0.5) is 0 Å². The number of likely N-dealkylation sites (tertiary alicyclic amines) is 1. The molecule has 2 heteroatoms. The Morgan fingerprint density at radius 1 is 0.905 bits per heavy atom. The largest absolute Gasteiger partial charge is 0.314 e. The van der Waals surface area contributed by atoms with Gasteiger partial charge in [0.2, 0.25) is 0 Å². The Balaban J connectivity index is 1.59. The molecule has 0 spiro atoms. The summed E-state index contributed by atoms with van der Waals surface area (Å²) in [6, 6.07) is 1.75. The zero-order valence-corrected chi connectivity index (χ0v) is 14.2. The van der Waals surface area contributed by atoms with E-state index in [9.17, 15) is 0 Å². The summed E-state index contributed by atoms with van der Waals surface area (Å²) in [5.41, 5.74) is 0. The van der Waals surface area contributed by atoms with Crippen LogP contribution in [0.15, 0.2) is 0 Å². The van der Waals surface area contributed by atoms with Crippen LogP contribution in [0.3, 0.4) is 0 Å². The van der Waals surface area contributed by atoms with Crippen molar-refractivity contribution in [1.82, 2.24) is 10.2 Å². The van der Waals surface area contributed by atoms with Gasteiger partial charge in [-0.25, -0.2) is 0 Å². The zero-order valence-electron chi connectivity index (χ0n) is 14.2. The minimum Gasteiger partial charge on any atom is -0.314 e. The fourth-order valence-electron chi connectivity index (χ4n) is 5.29. The van der Waals surface area contributed by atoms with E-state index in [2.05, 4.69) is 17.1 Å². The fourth-order valence-corrected chi connectivity index (χ4v) is 5.29. The average Bonchev–Trinajstić information content (AvgIpc) is 2.88. The first-order valence-electron chi connectivity index (χ1n) is 9.86. The molecule has 2 aliphatic carbocycles. The summed E-state index contributed by atoms with van der Waals surface area (Å²) in [6.45, 7) is 6.29. The predicted molar refractivity (Wildman–Crippen MR) is 90.6 cm³/mol. The molecular formula is C19H36N2. The second-order valence-corrected chi connectivity index (χ2v) is 7.85. The quantitative estimate of drug-likeness (QED) is 0.764. The van der Waals surface area contributed by atoms with E-state index in [0.29, 0.717) is 0 Å². The van der Waals surface area contributed by atoms with E-state index in [4.69, 9.17) is 0 Å². The predicted octanol–water partition coefficient (Wildman–Crippen LogP) is 4.20. The summed E-state index contributed by atoms with van der Waals surface area (Å²) in [4.78, 5) is 2.91. The summed E-state index contributed by atoms with van der Waals surface area (Å²) in [7, 11) is 0. The highest BCUT2D eigenvalue weighted by atomic mass is 15.2. The van der Waals surface area contributed by atoms with Crippen LogP contribution in [0.25, 0.3) is 0 Å². The third-order valence-corrected chi connectivity index (χ3v) is 6.39. The lowest BCUT2D eigenvalue weighted by atomic mass is 9.88. The Kier molecular flexibility index (Phi) is 5.99. The van der Waals surface area contributed by atoms with Gasteiger partial charge in [0.15, 0.2) is 0 Å². The molecular weight excluding hydrogens is 256 g/mol. The highest BCUT2D eigenvalue weighted by Crippen LogP contribution is 2.38. The van der Waals surface area contributed by atoms with Gasteiger partial charge in [-0.15, -0.1) is 0 Å². The number of fused-ring (bicyclic) bond motifs is 1. The number of hydrogen-bond acceptors (Lipinski definition) is 2. The summed E-state index contributed by atoms with van der Waals surface area (Å²) >= 11 is 0. The molecule has 0 bridgehead atoms. The molecule has 0 aromatic carbocycles. The Morgan fingerprint density at radius 2 is 1.76 bits per heavy atom. The third kappa shape index (κ3) is 4.01. The summed E-state index contributed by atoms with van der Waals surface area (Å²) in [6.07, 6.45) is 16.0. The van der Waals surface area contributed by atoms with Crippen LogP contribution in [0.5, 0.6) is 0 Å². The van der Waals surface area contributed by atoms with E-state index < -0.39 is 0 Å². The fraction of sp³-hybridized carbons (Fsp3) is 1.00. The van der Waals surface area contributed by atoms with Crippen molar-refractivity contribution in [2.75, 3.05) is 19.6 Å². The van der Waals surface area contributed by atoms with E-state index in [1.165, 1.54) is 90.3 Å². The molecule has 0 radical (unpaired) electrons. The maximum atomic E-state index is 3.88. The molecule has 2 saturated carbocycles. The van der Waals surface area contributed by atoms with Gasteiger partial charge < -0.3 is 5.32 Å². The topological polar surface area (TPSA) is 15.3 Å². The van der Waals surface area contributed by atoms with Gasteiger partial charge in [0, 0.05) is 18.6 Å². The molecule has 122 valence electrons. The first-order chi connectivity index (χ1) is 10.4. The maximum absolute atomic E-state index is 3.88. The van der Waals surface area contributed by atoms with Crippen molar-refractivity contribution < 1.29 is 0 Å². The highest BCUT2D eigenvalue weighted by Gasteiger charge is 2.36. The SMILES string of the molecule is CCCNC1CCCCCC1CN1CCCC2CCCC21. The molecule has 3 rings (SSSR count). The summed E-state index contributed by atoms with van der Waals surface area (Å²) in [5, 5.41) is 3.88. The van der Waals surface area contributed by atoms with E-state index in [1.54, 1.807) is 0 Å². The van der Waals surface area contributed by atoms with E-state index in [1.807, 2.05) is 0 Å². The maximum Gasteiger partial charge on any atom is 0.0124 e. The minimum absolute atomic E-state index is 0.800. The molecule has 1 saturated heterocycles. The molecule has 1 N–H and O–H groups in total. The van der Waals surface area contributed by atoms with Gasteiger partial charge in [-0.05, 0) is 69.9 Å². The lowest BCUT2D eigenvalue weighted by Gasteiger charge is -2.41. The molecule has 2 nitrogen and oxygen atoms in total. The first kappa shape index (κ1) is 15.8. The van der Waals surface area contributed by atoms with Gasteiger partial charge in [0.1, 0.15) is 0 Å². The standard InChI is InChI=1S/C19H36N2/c1-2-13-20-18-11-5-3-4-8-17(18)15-21-14-7-10-16-9-6-12-19(16)21/h16-20H,2-15H2,1H3. The molecule has 4 atom stereocenters. The minimum atomic E-state index is 0.800. The average molecular weight is 293 g/mol. The lowest BCUT2D eigenvalue weighted by molar-refractivity contribution is 0.0837. The summed E-state index contributed by atoms with van der Waals surface area (Å²) in [5.74, 6) is 1.96. The van der Waals surface area contributed by atoms with Gasteiger partial charge >= 0.3 is 0 Å². The zero-order chi connectivity index (χ0) is 14.5. The van der Waals surface area contributed by atoms with Crippen LogP contribution in [0.1, 0.15) is 77.6 Å². The van der Waals surface area contributed by atoms with Crippen molar-refractivity contribution in [2.24, 2.45) is 11.8 Å². The number of nitrogens with one attached hydrogen (secondary N) is 1. The molecule has 0 aromatic heterocycles. The van der Waals surface area contributed by atoms with Crippen molar-refractivity contribution >= 4 is 0 Å². The molecule has 0 aromatic rings. The van der Waals surface area contributed by atoms with Gasteiger partial charge in [-0.2, -0.15) is 0 Å². The number of hydrogen-bond donors (Lipinski definition) is 1. The molecule has 3 aliphatic rings. The monoisotopic (exact) mass is 292 g/mol. The molecule has 1 heterocycles. The second-order valence-electron chi connectivity index (χ2n) is 7.85. The van der Waals surface area contributed by atoms with Crippen LogP contribution >= 0.6 is 0 Å². The second kappa shape index (κ2) is 7.97. The van der Waals surface area contributed by atoms with Gasteiger partial charge in [0.05, 0.1) is 0 Å². The summed E-state index contributed by atoms with van der Waals surface area (Å²) < 4.78 is 0. The Hall–Kier alpha value is -0.0800. The van der Waals surface area contributed by atoms with E-state index >= 15 is 0 Å². The Labute approximate surface area is 132 Å². The number of nitrogens with zero attached hydrogens (tertiary/aromatic N) is 1. The van der Waals surface area contributed by atoms with Crippen LogP contribution in [0, 0.1) is 11.8 Å². The van der Waals surface area contributed by atoms with E-state index in [-0.39, 0.29) is 0 Å². The molecule has 4 unspecified atom stereocenters. The van der Waals surface area contributed by atoms with Crippen molar-refractivity contribution in [3.05, 3.63) is 0 Å².